The molecule has 21 heavy (non-hydrogen) atoms. The first-order valence-corrected chi connectivity index (χ1v) is 8.18. The molecule has 2 aromatic carbocycles. The number of carbonyl (C=O) groups excluding carboxylic acids is 1. The molecule has 2 aromatic rings. The number of hydrogen-bond donors (Lipinski definition) is 2. The Kier molecular flexibility index (Phi) is 5.42. The summed E-state index contributed by atoms with van der Waals surface area (Å²) in [6.07, 6.45) is 0. The zero-order valence-corrected chi connectivity index (χ0v) is 15.0. The molecule has 0 saturated heterocycles. The largest absolute Gasteiger partial charge is 0.382 e. The van der Waals surface area contributed by atoms with Gasteiger partial charge >= 0.3 is 0 Å². The molecular weight excluding hydrogens is 396 g/mol. The first-order valence-electron chi connectivity index (χ1n) is 6.60. The van der Waals surface area contributed by atoms with Crippen LogP contribution in [0, 0.1) is 0 Å². The quantitative estimate of drug-likeness (QED) is 0.717. The Bertz CT molecular complexity index is 636. The monoisotopic (exact) mass is 410 g/mol. The second-order valence-corrected chi connectivity index (χ2v) is 6.60. The maximum Gasteiger partial charge on any atom is 0.257 e. The Balaban J connectivity index is 2.29. The fourth-order valence-electron chi connectivity index (χ4n) is 1.92. The molecule has 2 N–H and O–H groups in total. The summed E-state index contributed by atoms with van der Waals surface area (Å²) in [6, 6.07) is 13.4. The number of amides is 1. The Morgan fingerprint density at radius 1 is 1.00 bits per heavy atom. The molecule has 0 spiro atoms. The molecule has 110 valence electrons. The highest BCUT2D eigenvalue weighted by Gasteiger charge is 2.14. The minimum Gasteiger partial charge on any atom is -0.382 e. The van der Waals surface area contributed by atoms with E-state index in [1.165, 1.54) is 0 Å². The van der Waals surface area contributed by atoms with Gasteiger partial charge in [0.1, 0.15) is 0 Å². The van der Waals surface area contributed by atoms with Crippen molar-refractivity contribution in [3.8, 4) is 0 Å². The summed E-state index contributed by atoms with van der Waals surface area (Å²) >= 11 is 6.89. The molecule has 3 nitrogen and oxygen atoms in total. The molecule has 0 unspecified atom stereocenters. The highest BCUT2D eigenvalue weighted by Crippen LogP contribution is 2.31. The summed E-state index contributed by atoms with van der Waals surface area (Å²) in [7, 11) is 0. The van der Waals surface area contributed by atoms with E-state index in [-0.39, 0.29) is 11.9 Å². The van der Waals surface area contributed by atoms with E-state index in [0.29, 0.717) is 5.56 Å². The van der Waals surface area contributed by atoms with Gasteiger partial charge in [-0.3, -0.25) is 4.79 Å². The second-order valence-electron chi connectivity index (χ2n) is 4.90. The topological polar surface area (TPSA) is 41.1 Å². The summed E-state index contributed by atoms with van der Waals surface area (Å²) in [5.74, 6) is -0.147. The third-order valence-corrected chi connectivity index (χ3v) is 4.14. The van der Waals surface area contributed by atoms with E-state index in [9.17, 15) is 4.79 Å². The number of para-hydroxylation sites is 2. The fourth-order valence-corrected chi connectivity index (χ4v) is 3.11. The standard InChI is InChI=1S/C16H16Br2N2O/c1-10(2)19-14-9-4-3-6-11(14)16(21)20-15-12(17)7-5-8-13(15)18/h3-10,19H,1-2H3,(H,20,21). The lowest BCUT2D eigenvalue weighted by atomic mass is 10.1. The zero-order chi connectivity index (χ0) is 15.4. The molecule has 2 rings (SSSR count). The maximum atomic E-state index is 12.5. The van der Waals surface area contributed by atoms with Crippen molar-refractivity contribution in [3.05, 3.63) is 57.0 Å². The average molecular weight is 412 g/mol. The van der Waals surface area contributed by atoms with E-state index in [1.807, 2.05) is 56.3 Å². The van der Waals surface area contributed by atoms with E-state index in [2.05, 4.69) is 42.5 Å². The van der Waals surface area contributed by atoms with E-state index in [0.717, 1.165) is 20.3 Å². The van der Waals surface area contributed by atoms with Gasteiger partial charge in [0.25, 0.3) is 5.91 Å². The van der Waals surface area contributed by atoms with E-state index in [4.69, 9.17) is 0 Å². The number of carbonyl (C=O) groups is 1. The first-order chi connectivity index (χ1) is 9.99. The molecule has 0 bridgehead atoms. The normalized spacial score (nSPS) is 10.5. The first kappa shape index (κ1) is 16.0. The van der Waals surface area contributed by atoms with Crippen LogP contribution in [0.15, 0.2) is 51.4 Å². The second kappa shape index (κ2) is 7.09. The molecule has 0 aliphatic carbocycles. The van der Waals surface area contributed by atoms with Crippen LogP contribution in [0.2, 0.25) is 0 Å². The molecule has 0 fully saturated rings. The van der Waals surface area contributed by atoms with Gasteiger partial charge in [0, 0.05) is 20.7 Å². The summed E-state index contributed by atoms with van der Waals surface area (Å²) in [5, 5.41) is 6.22. The summed E-state index contributed by atoms with van der Waals surface area (Å²) in [6.45, 7) is 4.08. The van der Waals surface area contributed by atoms with Gasteiger partial charge in [0.15, 0.2) is 0 Å². The highest BCUT2D eigenvalue weighted by atomic mass is 79.9. The average Bonchev–Trinajstić information content (AvgIpc) is 2.43. The van der Waals surface area contributed by atoms with Crippen molar-refractivity contribution in [2.24, 2.45) is 0 Å². The maximum absolute atomic E-state index is 12.5. The highest BCUT2D eigenvalue weighted by molar-refractivity contribution is 9.11. The molecule has 0 radical (unpaired) electrons. The fraction of sp³-hybridized carbons (Fsp3) is 0.188. The Hall–Kier alpha value is -1.33. The minimum atomic E-state index is -0.147. The van der Waals surface area contributed by atoms with Crippen molar-refractivity contribution in [1.82, 2.24) is 0 Å². The van der Waals surface area contributed by atoms with Crippen LogP contribution in [0.3, 0.4) is 0 Å². The van der Waals surface area contributed by atoms with Gasteiger partial charge in [0.05, 0.1) is 11.3 Å². The van der Waals surface area contributed by atoms with Gasteiger partial charge in [-0.05, 0) is 70.0 Å². The van der Waals surface area contributed by atoms with Crippen molar-refractivity contribution < 1.29 is 4.79 Å². The molecule has 0 heterocycles. The van der Waals surface area contributed by atoms with E-state index >= 15 is 0 Å². The Labute approximate surface area is 141 Å². The predicted octanol–water partition coefficient (Wildman–Crippen LogP) is 5.28. The van der Waals surface area contributed by atoms with Crippen LogP contribution in [-0.2, 0) is 0 Å². The summed E-state index contributed by atoms with van der Waals surface area (Å²) < 4.78 is 1.67. The summed E-state index contributed by atoms with van der Waals surface area (Å²) in [5.41, 5.74) is 2.17. The van der Waals surface area contributed by atoms with Crippen molar-refractivity contribution >= 4 is 49.1 Å². The van der Waals surface area contributed by atoms with Gasteiger partial charge in [-0.2, -0.15) is 0 Å². The van der Waals surface area contributed by atoms with Crippen LogP contribution in [0.5, 0.6) is 0 Å². The van der Waals surface area contributed by atoms with Crippen LogP contribution < -0.4 is 10.6 Å². The number of anilines is 2. The van der Waals surface area contributed by atoms with Gasteiger partial charge in [0.2, 0.25) is 0 Å². The number of halogens is 2. The van der Waals surface area contributed by atoms with Crippen LogP contribution in [0.1, 0.15) is 24.2 Å². The lowest BCUT2D eigenvalue weighted by Crippen LogP contribution is -2.18. The van der Waals surface area contributed by atoms with Crippen LogP contribution >= 0.6 is 31.9 Å². The van der Waals surface area contributed by atoms with Crippen LogP contribution in [0.25, 0.3) is 0 Å². The third-order valence-electron chi connectivity index (χ3n) is 2.82. The molecule has 0 saturated carbocycles. The van der Waals surface area contributed by atoms with Gasteiger partial charge in [-0.1, -0.05) is 18.2 Å². The lowest BCUT2D eigenvalue weighted by Gasteiger charge is -2.15. The molecule has 0 aromatic heterocycles. The smallest absolute Gasteiger partial charge is 0.257 e. The molecule has 0 atom stereocenters. The molecule has 5 heteroatoms. The third kappa shape index (κ3) is 4.08. The SMILES string of the molecule is CC(C)Nc1ccccc1C(=O)Nc1c(Br)cccc1Br. The molecular formula is C16H16Br2N2O. The van der Waals surface area contributed by atoms with Gasteiger partial charge < -0.3 is 10.6 Å². The van der Waals surface area contributed by atoms with Crippen molar-refractivity contribution in [2.45, 2.75) is 19.9 Å². The van der Waals surface area contributed by atoms with E-state index in [1.54, 1.807) is 0 Å². The Morgan fingerprint density at radius 3 is 2.24 bits per heavy atom. The van der Waals surface area contributed by atoms with Gasteiger partial charge in [-0.25, -0.2) is 0 Å². The van der Waals surface area contributed by atoms with Crippen molar-refractivity contribution in [3.63, 3.8) is 0 Å². The number of hydrogen-bond acceptors (Lipinski definition) is 2. The van der Waals surface area contributed by atoms with Crippen LogP contribution in [-0.4, -0.2) is 11.9 Å². The van der Waals surface area contributed by atoms with Crippen molar-refractivity contribution in [1.29, 1.82) is 0 Å². The Morgan fingerprint density at radius 2 is 1.62 bits per heavy atom. The van der Waals surface area contributed by atoms with Crippen LogP contribution in [0.4, 0.5) is 11.4 Å². The predicted molar refractivity (Wildman–Crippen MR) is 95.0 cm³/mol. The molecule has 0 aliphatic rings. The number of nitrogens with one attached hydrogen (secondary N) is 2. The number of rotatable bonds is 4. The zero-order valence-electron chi connectivity index (χ0n) is 11.8. The minimum absolute atomic E-state index is 0.147. The number of benzene rings is 2. The molecule has 0 aliphatic heterocycles. The van der Waals surface area contributed by atoms with Gasteiger partial charge in [-0.15, -0.1) is 0 Å². The van der Waals surface area contributed by atoms with Crippen molar-refractivity contribution in [2.75, 3.05) is 10.6 Å². The summed E-state index contributed by atoms with van der Waals surface area (Å²) in [4.78, 5) is 12.5. The molecule has 1 amide bonds. The lowest BCUT2D eigenvalue weighted by molar-refractivity contribution is 0.102. The van der Waals surface area contributed by atoms with E-state index < -0.39 is 0 Å².